The van der Waals surface area contributed by atoms with Gasteiger partial charge in [-0.15, -0.1) is 0 Å². The molecule has 3 rings (SSSR count). The van der Waals surface area contributed by atoms with Crippen molar-refractivity contribution < 1.29 is 4.52 Å². The fourth-order valence-electron chi connectivity index (χ4n) is 3.08. The van der Waals surface area contributed by atoms with Gasteiger partial charge in [0.15, 0.2) is 5.82 Å². The minimum Gasteiger partial charge on any atom is -0.339 e. The molecule has 1 saturated carbocycles. The van der Waals surface area contributed by atoms with Gasteiger partial charge >= 0.3 is 0 Å². The average molecular weight is 267 g/mol. The van der Waals surface area contributed by atoms with Gasteiger partial charge in [-0.25, -0.2) is 0 Å². The van der Waals surface area contributed by atoms with Crippen LogP contribution in [-0.4, -0.2) is 22.4 Å². The van der Waals surface area contributed by atoms with E-state index in [1.807, 2.05) is 11.8 Å². The monoisotopic (exact) mass is 267 g/mol. The summed E-state index contributed by atoms with van der Waals surface area (Å²) in [6.07, 6.45) is 8.44. The highest BCUT2D eigenvalue weighted by molar-refractivity contribution is 7.99. The molecule has 1 saturated heterocycles. The van der Waals surface area contributed by atoms with Crippen LogP contribution in [0.25, 0.3) is 0 Å². The van der Waals surface area contributed by atoms with Crippen molar-refractivity contribution in [3.05, 3.63) is 11.7 Å². The smallest absolute Gasteiger partial charge is 0.234 e. The lowest BCUT2D eigenvalue weighted by molar-refractivity contribution is 0.283. The Morgan fingerprint density at radius 1 is 1.28 bits per heavy atom. The minimum absolute atomic E-state index is 0.0232. The first-order valence-corrected chi connectivity index (χ1v) is 8.05. The normalized spacial score (nSPS) is 27.5. The Morgan fingerprint density at radius 3 is 2.78 bits per heavy atom. The molecule has 1 atom stereocenters. The van der Waals surface area contributed by atoms with E-state index in [9.17, 15) is 0 Å². The molecule has 18 heavy (non-hydrogen) atoms. The van der Waals surface area contributed by atoms with Crippen molar-refractivity contribution in [1.29, 1.82) is 0 Å². The van der Waals surface area contributed by atoms with Crippen LogP contribution in [0.4, 0.5) is 0 Å². The van der Waals surface area contributed by atoms with Gasteiger partial charge in [0.1, 0.15) is 0 Å². The number of rotatable bonds is 3. The van der Waals surface area contributed by atoms with Gasteiger partial charge in [0.25, 0.3) is 0 Å². The summed E-state index contributed by atoms with van der Waals surface area (Å²) in [5.74, 6) is 2.91. The zero-order valence-corrected chi connectivity index (χ0v) is 11.5. The van der Waals surface area contributed by atoms with Crippen LogP contribution in [0, 0.1) is 0 Å². The first-order chi connectivity index (χ1) is 8.84. The number of nitrogens with zero attached hydrogens (tertiary/aromatic N) is 2. The summed E-state index contributed by atoms with van der Waals surface area (Å²) >= 11 is 1.96. The van der Waals surface area contributed by atoms with Crippen LogP contribution in [0.2, 0.25) is 0 Å². The number of hydrogen-bond donors (Lipinski definition) is 1. The van der Waals surface area contributed by atoms with Gasteiger partial charge in [-0.3, -0.25) is 0 Å². The number of aromatic nitrogens is 2. The topological polar surface area (TPSA) is 64.9 Å². The van der Waals surface area contributed by atoms with Gasteiger partial charge in [-0.2, -0.15) is 16.7 Å². The molecule has 1 aliphatic heterocycles. The number of thioether (sulfide) groups is 1. The molecule has 1 aromatic rings. The van der Waals surface area contributed by atoms with E-state index in [2.05, 4.69) is 10.1 Å². The molecule has 0 radical (unpaired) electrons. The third kappa shape index (κ3) is 2.18. The Labute approximate surface area is 112 Å². The average Bonchev–Trinajstić information content (AvgIpc) is 3.09. The highest BCUT2D eigenvalue weighted by atomic mass is 32.2. The van der Waals surface area contributed by atoms with Crippen molar-refractivity contribution in [3.8, 4) is 0 Å². The van der Waals surface area contributed by atoms with Crippen LogP contribution >= 0.6 is 11.8 Å². The molecule has 0 spiro atoms. The van der Waals surface area contributed by atoms with E-state index in [4.69, 9.17) is 10.3 Å². The van der Waals surface area contributed by atoms with Crippen LogP contribution in [0.15, 0.2) is 4.52 Å². The highest BCUT2D eigenvalue weighted by Crippen LogP contribution is 2.41. The van der Waals surface area contributed by atoms with Crippen molar-refractivity contribution in [1.82, 2.24) is 10.1 Å². The summed E-state index contributed by atoms with van der Waals surface area (Å²) in [5.41, 5.74) is 5.93. The second-order valence-electron chi connectivity index (χ2n) is 5.50. The maximum absolute atomic E-state index is 5.96. The number of nitrogens with two attached hydrogens (primary N) is 1. The third-order valence-electron chi connectivity index (χ3n) is 4.31. The fourth-order valence-corrected chi connectivity index (χ4v) is 4.32. The van der Waals surface area contributed by atoms with Crippen molar-refractivity contribution in [3.63, 3.8) is 0 Å². The van der Waals surface area contributed by atoms with Gasteiger partial charge in [-0.1, -0.05) is 24.4 Å². The van der Waals surface area contributed by atoms with Gasteiger partial charge in [-0.05, 0) is 31.4 Å². The molecule has 1 aromatic heterocycles. The van der Waals surface area contributed by atoms with Crippen molar-refractivity contribution in [2.75, 3.05) is 12.3 Å². The number of hydrogen-bond acceptors (Lipinski definition) is 5. The molecule has 2 aliphatic rings. The van der Waals surface area contributed by atoms with E-state index < -0.39 is 0 Å². The van der Waals surface area contributed by atoms with Gasteiger partial charge in [0.05, 0.1) is 10.7 Å². The quantitative estimate of drug-likeness (QED) is 0.912. The summed E-state index contributed by atoms with van der Waals surface area (Å²) in [7, 11) is 0. The Bertz CT molecular complexity index is 395. The Balaban J connectivity index is 1.79. The van der Waals surface area contributed by atoms with Crippen LogP contribution < -0.4 is 5.73 Å². The predicted molar refractivity (Wildman–Crippen MR) is 72.5 cm³/mol. The van der Waals surface area contributed by atoms with Crippen LogP contribution in [0.5, 0.6) is 0 Å². The van der Waals surface area contributed by atoms with E-state index >= 15 is 0 Å². The first-order valence-electron chi connectivity index (χ1n) is 7.00. The maximum atomic E-state index is 5.96. The van der Waals surface area contributed by atoms with Crippen molar-refractivity contribution in [2.45, 2.75) is 55.6 Å². The molecule has 4 nitrogen and oxygen atoms in total. The second kappa shape index (κ2) is 5.21. The molecule has 5 heteroatoms. The summed E-state index contributed by atoms with van der Waals surface area (Å²) in [6, 6.07) is 0. The van der Waals surface area contributed by atoms with Gasteiger partial charge in [0.2, 0.25) is 5.89 Å². The summed E-state index contributed by atoms with van der Waals surface area (Å²) in [4.78, 5) is 4.68. The molecule has 0 amide bonds. The Kier molecular flexibility index (Phi) is 3.61. The molecular weight excluding hydrogens is 246 g/mol. The molecule has 1 unspecified atom stereocenters. The van der Waals surface area contributed by atoms with E-state index in [1.54, 1.807) is 0 Å². The molecule has 100 valence electrons. The third-order valence-corrected chi connectivity index (χ3v) is 5.69. The van der Waals surface area contributed by atoms with E-state index in [0.29, 0.717) is 11.8 Å². The van der Waals surface area contributed by atoms with E-state index in [1.165, 1.54) is 37.9 Å². The van der Waals surface area contributed by atoms with Crippen LogP contribution in [-0.2, 0) is 5.41 Å². The van der Waals surface area contributed by atoms with E-state index in [-0.39, 0.29) is 5.41 Å². The SMILES string of the molecule is NCC1(c2nc(C3CCCCS3)no2)CCCC1. The minimum atomic E-state index is -0.0232. The van der Waals surface area contributed by atoms with Crippen LogP contribution in [0.3, 0.4) is 0 Å². The molecular formula is C13H21N3OS. The molecule has 2 fully saturated rings. The first kappa shape index (κ1) is 12.5. The predicted octanol–water partition coefficient (Wildman–Crippen LogP) is 2.80. The maximum Gasteiger partial charge on any atom is 0.234 e. The highest BCUT2D eigenvalue weighted by Gasteiger charge is 2.40. The molecule has 2 N–H and O–H groups in total. The van der Waals surface area contributed by atoms with Gasteiger partial charge < -0.3 is 10.3 Å². The van der Waals surface area contributed by atoms with Crippen molar-refractivity contribution >= 4 is 11.8 Å². The fraction of sp³-hybridized carbons (Fsp3) is 0.846. The summed E-state index contributed by atoms with van der Waals surface area (Å²) in [6.45, 7) is 0.631. The Hall–Kier alpha value is -0.550. The molecule has 1 aliphatic carbocycles. The largest absolute Gasteiger partial charge is 0.339 e. The van der Waals surface area contributed by atoms with Crippen LogP contribution in [0.1, 0.15) is 61.9 Å². The lowest BCUT2D eigenvalue weighted by Gasteiger charge is -2.22. The zero-order valence-electron chi connectivity index (χ0n) is 10.7. The van der Waals surface area contributed by atoms with E-state index in [0.717, 1.165) is 24.6 Å². The summed E-state index contributed by atoms with van der Waals surface area (Å²) < 4.78 is 5.54. The standard InChI is InChI=1S/C13H21N3OS/c14-9-13(6-2-3-7-13)12-15-11(16-17-12)10-5-1-4-8-18-10/h10H,1-9,14H2. The summed E-state index contributed by atoms with van der Waals surface area (Å²) in [5, 5.41) is 4.65. The molecule has 0 aromatic carbocycles. The lowest BCUT2D eigenvalue weighted by Crippen LogP contribution is -2.32. The lowest BCUT2D eigenvalue weighted by atomic mass is 9.86. The molecule has 0 bridgehead atoms. The van der Waals surface area contributed by atoms with Crippen molar-refractivity contribution in [2.24, 2.45) is 5.73 Å². The zero-order chi connectivity index (χ0) is 12.4. The molecule has 2 heterocycles. The second-order valence-corrected chi connectivity index (χ2v) is 6.82. The van der Waals surface area contributed by atoms with Gasteiger partial charge in [0, 0.05) is 6.54 Å². The Morgan fingerprint density at radius 2 is 2.11 bits per heavy atom.